The van der Waals surface area contributed by atoms with Gasteiger partial charge in [-0.15, -0.1) is 0 Å². The predicted octanol–water partition coefficient (Wildman–Crippen LogP) is 2.76. The van der Waals surface area contributed by atoms with E-state index in [1.54, 1.807) is 0 Å². The molecule has 4 nitrogen and oxygen atoms in total. The maximum Gasteiger partial charge on any atom is 0.223 e. The van der Waals surface area contributed by atoms with Crippen molar-refractivity contribution in [2.24, 2.45) is 0 Å². The Kier molecular flexibility index (Phi) is 7.08. The molecule has 1 aromatic rings. The van der Waals surface area contributed by atoms with E-state index < -0.39 is 0 Å². The molecular formula is C19H30ClN3O. The van der Waals surface area contributed by atoms with Gasteiger partial charge in [0.25, 0.3) is 0 Å². The molecule has 0 saturated carbocycles. The Hall–Kier alpha value is -1.10. The lowest BCUT2D eigenvalue weighted by atomic mass is 10.1. The molecule has 0 spiro atoms. The number of carbonyl (C=O) groups excluding carboxylic acids is 1. The molecule has 0 N–H and O–H groups in total. The van der Waals surface area contributed by atoms with Gasteiger partial charge >= 0.3 is 0 Å². The number of hydrogen-bond donors (Lipinski definition) is 0. The maximum absolute atomic E-state index is 12.6. The summed E-state index contributed by atoms with van der Waals surface area (Å²) in [5.41, 5.74) is 1.13. The van der Waals surface area contributed by atoms with Crippen LogP contribution in [-0.4, -0.2) is 73.0 Å². The van der Waals surface area contributed by atoms with Crippen LogP contribution in [0.15, 0.2) is 24.3 Å². The summed E-state index contributed by atoms with van der Waals surface area (Å²) in [6.45, 7) is 8.21. The monoisotopic (exact) mass is 351 g/mol. The summed E-state index contributed by atoms with van der Waals surface area (Å²) in [6, 6.07) is 8.59. The lowest BCUT2D eigenvalue weighted by Crippen LogP contribution is -2.59. The third-order valence-electron chi connectivity index (χ3n) is 4.78. The summed E-state index contributed by atoms with van der Waals surface area (Å²) in [5.74, 6) is 0.251. The SMILES string of the molecule is CC1CN(C(=O)CCc2cccc(Cl)c2)CC(C)N1CCN(C)C. The highest BCUT2D eigenvalue weighted by molar-refractivity contribution is 6.30. The summed E-state index contributed by atoms with van der Waals surface area (Å²) in [5, 5.41) is 0.733. The molecule has 1 fully saturated rings. The van der Waals surface area contributed by atoms with Crippen molar-refractivity contribution in [3.05, 3.63) is 34.9 Å². The van der Waals surface area contributed by atoms with Crippen molar-refractivity contribution >= 4 is 17.5 Å². The van der Waals surface area contributed by atoms with Gasteiger partial charge in [0.1, 0.15) is 0 Å². The summed E-state index contributed by atoms with van der Waals surface area (Å²) in [4.78, 5) is 19.3. The zero-order valence-corrected chi connectivity index (χ0v) is 16.1. The molecule has 1 heterocycles. The lowest BCUT2D eigenvalue weighted by Gasteiger charge is -2.45. The third-order valence-corrected chi connectivity index (χ3v) is 5.01. The number of hydrogen-bond acceptors (Lipinski definition) is 3. The van der Waals surface area contributed by atoms with Gasteiger partial charge in [-0.2, -0.15) is 0 Å². The molecule has 0 bridgehead atoms. The Morgan fingerprint density at radius 1 is 1.25 bits per heavy atom. The van der Waals surface area contributed by atoms with E-state index in [0.29, 0.717) is 18.5 Å². The van der Waals surface area contributed by atoms with Crippen molar-refractivity contribution in [2.75, 3.05) is 40.3 Å². The second-order valence-electron chi connectivity index (χ2n) is 7.17. The molecule has 0 radical (unpaired) electrons. The number of rotatable bonds is 6. The summed E-state index contributed by atoms with van der Waals surface area (Å²) >= 11 is 6.01. The molecule has 0 aromatic heterocycles. The average molecular weight is 352 g/mol. The van der Waals surface area contributed by atoms with Crippen LogP contribution in [-0.2, 0) is 11.2 Å². The van der Waals surface area contributed by atoms with Crippen LogP contribution in [0.3, 0.4) is 0 Å². The van der Waals surface area contributed by atoms with Crippen LogP contribution in [0.5, 0.6) is 0 Å². The Bertz CT molecular complexity index is 537. The molecule has 2 atom stereocenters. The van der Waals surface area contributed by atoms with Crippen LogP contribution in [0.4, 0.5) is 0 Å². The first-order chi connectivity index (χ1) is 11.4. The Morgan fingerprint density at radius 2 is 1.92 bits per heavy atom. The number of nitrogens with zero attached hydrogens (tertiary/aromatic N) is 3. The van der Waals surface area contributed by atoms with Crippen molar-refractivity contribution in [1.29, 1.82) is 0 Å². The lowest BCUT2D eigenvalue weighted by molar-refractivity contribution is -0.135. The van der Waals surface area contributed by atoms with Crippen LogP contribution in [0.2, 0.25) is 5.02 Å². The number of aryl methyl sites for hydroxylation is 1. The molecule has 1 aliphatic heterocycles. The number of halogens is 1. The first kappa shape index (κ1) is 19.2. The largest absolute Gasteiger partial charge is 0.340 e. The first-order valence-corrected chi connectivity index (χ1v) is 9.17. The highest BCUT2D eigenvalue weighted by Crippen LogP contribution is 2.18. The normalized spacial score (nSPS) is 22.2. The first-order valence-electron chi connectivity index (χ1n) is 8.79. The third kappa shape index (κ3) is 5.47. The van der Waals surface area contributed by atoms with Crippen molar-refractivity contribution in [3.63, 3.8) is 0 Å². The molecule has 0 aliphatic carbocycles. The quantitative estimate of drug-likeness (QED) is 0.788. The Labute approximate surface area is 151 Å². The van der Waals surface area contributed by atoms with Crippen LogP contribution >= 0.6 is 11.6 Å². The van der Waals surface area contributed by atoms with E-state index in [-0.39, 0.29) is 5.91 Å². The van der Waals surface area contributed by atoms with Gasteiger partial charge in [0, 0.05) is 49.7 Å². The van der Waals surface area contributed by atoms with Crippen LogP contribution in [0.1, 0.15) is 25.8 Å². The van der Waals surface area contributed by atoms with E-state index in [1.165, 1.54) is 0 Å². The topological polar surface area (TPSA) is 26.8 Å². The fourth-order valence-corrected chi connectivity index (χ4v) is 3.63. The fourth-order valence-electron chi connectivity index (χ4n) is 3.42. The van der Waals surface area contributed by atoms with Crippen LogP contribution in [0, 0.1) is 0 Å². The molecular weight excluding hydrogens is 322 g/mol. The summed E-state index contributed by atoms with van der Waals surface area (Å²) in [7, 11) is 4.20. The van der Waals surface area contributed by atoms with Crippen LogP contribution < -0.4 is 0 Å². The molecule has 134 valence electrons. The van der Waals surface area contributed by atoms with Gasteiger partial charge in [0.2, 0.25) is 5.91 Å². The second kappa shape index (κ2) is 8.84. The van der Waals surface area contributed by atoms with Crippen molar-refractivity contribution < 1.29 is 4.79 Å². The van der Waals surface area contributed by atoms with Crippen LogP contribution in [0.25, 0.3) is 0 Å². The number of likely N-dealkylation sites (N-methyl/N-ethyl adjacent to an activating group) is 1. The van der Waals surface area contributed by atoms with E-state index in [0.717, 1.165) is 43.2 Å². The molecule has 1 aliphatic rings. The summed E-state index contributed by atoms with van der Waals surface area (Å²) in [6.07, 6.45) is 1.31. The minimum Gasteiger partial charge on any atom is -0.340 e. The van der Waals surface area contributed by atoms with E-state index >= 15 is 0 Å². The second-order valence-corrected chi connectivity index (χ2v) is 7.60. The highest BCUT2D eigenvalue weighted by atomic mass is 35.5. The van der Waals surface area contributed by atoms with E-state index in [1.807, 2.05) is 29.2 Å². The Morgan fingerprint density at radius 3 is 2.50 bits per heavy atom. The zero-order valence-electron chi connectivity index (χ0n) is 15.3. The minimum atomic E-state index is 0.251. The van der Waals surface area contributed by atoms with E-state index in [9.17, 15) is 4.79 Å². The van der Waals surface area contributed by atoms with Crippen molar-refractivity contribution in [1.82, 2.24) is 14.7 Å². The van der Waals surface area contributed by atoms with Gasteiger partial charge in [0.05, 0.1) is 0 Å². The molecule has 2 rings (SSSR count). The number of benzene rings is 1. The molecule has 1 amide bonds. The van der Waals surface area contributed by atoms with Gasteiger partial charge in [-0.1, -0.05) is 23.7 Å². The number of piperazine rings is 1. The zero-order chi connectivity index (χ0) is 17.7. The molecule has 1 saturated heterocycles. The molecule has 2 unspecified atom stereocenters. The fraction of sp³-hybridized carbons (Fsp3) is 0.632. The van der Waals surface area contributed by atoms with Crippen molar-refractivity contribution in [2.45, 2.75) is 38.8 Å². The summed E-state index contributed by atoms with van der Waals surface area (Å²) < 4.78 is 0. The van der Waals surface area contributed by atoms with E-state index in [2.05, 4.69) is 37.7 Å². The van der Waals surface area contributed by atoms with Gasteiger partial charge in [-0.25, -0.2) is 0 Å². The Balaban J connectivity index is 1.85. The maximum atomic E-state index is 12.6. The average Bonchev–Trinajstić information content (AvgIpc) is 2.51. The van der Waals surface area contributed by atoms with Gasteiger partial charge < -0.3 is 9.80 Å². The highest BCUT2D eigenvalue weighted by Gasteiger charge is 2.31. The van der Waals surface area contributed by atoms with Crippen molar-refractivity contribution in [3.8, 4) is 0 Å². The smallest absolute Gasteiger partial charge is 0.223 e. The molecule has 5 heteroatoms. The number of amides is 1. The predicted molar refractivity (Wildman–Crippen MR) is 101 cm³/mol. The van der Waals surface area contributed by atoms with Gasteiger partial charge in [-0.05, 0) is 52.1 Å². The van der Waals surface area contributed by atoms with Gasteiger partial charge in [-0.3, -0.25) is 9.69 Å². The van der Waals surface area contributed by atoms with E-state index in [4.69, 9.17) is 11.6 Å². The van der Waals surface area contributed by atoms with Gasteiger partial charge in [0.15, 0.2) is 0 Å². The standard InChI is InChI=1S/C19H30ClN3O/c1-15-13-22(14-16(2)23(15)11-10-21(3)4)19(24)9-8-17-6-5-7-18(20)12-17/h5-7,12,15-16H,8-11,13-14H2,1-4H3. The minimum absolute atomic E-state index is 0.251. The molecule has 1 aromatic carbocycles. The molecule has 24 heavy (non-hydrogen) atoms. The number of carbonyl (C=O) groups is 1.